The van der Waals surface area contributed by atoms with Crippen LogP contribution in [0.3, 0.4) is 0 Å². The third-order valence-corrected chi connectivity index (χ3v) is 3.65. The first-order valence-electron chi connectivity index (χ1n) is 5.23. The average Bonchev–Trinajstić information content (AvgIpc) is 2.79. The van der Waals surface area contributed by atoms with Crippen molar-refractivity contribution >= 4 is 27.0 Å². The molecule has 0 radical (unpaired) electrons. The van der Waals surface area contributed by atoms with E-state index in [1.54, 1.807) is 29.0 Å². The Labute approximate surface area is 110 Å². The van der Waals surface area contributed by atoms with Crippen LogP contribution in [-0.4, -0.2) is 13.4 Å². The van der Waals surface area contributed by atoms with Gasteiger partial charge in [0, 0.05) is 11.1 Å². The number of benzene rings is 1. The Bertz CT molecular complexity index is 592. The number of hydrogen-bond donors (Lipinski definition) is 2. The van der Waals surface area contributed by atoms with Crippen LogP contribution < -0.4 is 10.5 Å². The normalized spacial score (nSPS) is 11.4. The van der Waals surface area contributed by atoms with Crippen molar-refractivity contribution in [1.82, 2.24) is 4.98 Å². The van der Waals surface area contributed by atoms with E-state index in [1.807, 2.05) is 17.5 Å². The van der Waals surface area contributed by atoms with Crippen molar-refractivity contribution in [3.05, 3.63) is 46.4 Å². The Balaban J connectivity index is 1.95. The molecule has 7 heteroatoms. The van der Waals surface area contributed by atoms with E-state index in [-0.39, 0.29) is 5.75 Å². The fourth-order valence-electron chi connectivity index (χ4n) is 1.47. The summed E-state index contributed by atoms with van der Waals surface area (Å²) in [5.74, 6) is -0.140. The first-order chi connectivity index (χ1) is 8.53. The lowest BCUT2D eigenvalue weighted by atomic mass is 10.2. The van der Waals surface area contributed by atoms with E-state index in [9.17, 15) is 8.42 Å². The number of aromatic nitrogens is 1. The molecule has 18 heavy (non-hydrogen) atoms. The number of thiazole rings is 1. The van der Waals surface area contributed by atoms with Gasteiger partial charge in [-0.25, -0.2) is 18.5 Å². The SMILES string of the molecule is NS(=O)(=O)Cc1ccc(NCc2cscn2)cc1. The Morgan fingerprint density at radius 2 is 2.00 bits per heavy atom. The minimum absolute atomic E-state index is 0.140. The van der Waals surface area contributed by atoms with Crippen LogP contribution in [0.25, 0.3) is 0 Å². The molecule has 0 fully saturated rings. The monoisotopic (exact) mass is 283 g/mol. The van der Waals surface area contributed by atoms with Crippen LogP contribution in [0.2, 0.25) is 0 Å². The predicted molar refractivity (Wildman–Crippen MR) is 72.7 cm³/mol. The molecule has 1 heterocycles. The van der Waals surface area contributed by atoms with Crippen LogP contribution in [0.5, 0.6) is 0 Å². The van der Waals surface area contributed by atoms with Gasteiger partial charge in [0.15, 0.2) is 0 Å². The van der Waals surface area contributed by atoms with Gasteiger partial charge in [0.2, 0.25) is 10.0 Å². The summed E-state index contributed by atoms with van der Waals surface area (Å²) in [6.07, 6.45) is 0. The number of nitrogens with two attached hydrogens (primary N) is 1. The van der Waals surface area contributed by atoms with Crippen molar-refractivity contribution < 1.29 is 8.42 Å². The molecule has 0 aliphatic rings. The molecule has 0 unspecified atom stereocenters. The summed E-state index contributed by atoms with van der Waals surface area (Å²) >= 11 is 1.55. The quantitative estimate of drug-likeness (QED) is 0.871. The van der Waals surface area contributed by atoms with Gasteiger partial charge < -0.3 is 5.32 Å². The van der Waals surface area contributed by atoms with Gasteiger partial charge in [0.05, 0.1) is 23.5 Å². The number of nitrogens with one attached hydrogen (secondary N) is 1. The average molecular weight is 283 g/mol. The highest BCUT2D eigenvalue weighted by atomic mass is 32.2. The maximum Gasteiger partial charge on any atom is 0.213 e. The first kappa shape index (κ1) is 13.0. The molecule has 1 aromatic carbocycles. The highest BCUT2D eigenvalue weighted by molar-refractivity contribution is 7.88. The standard InChI is InChI=1S/C11H13N3O2S2/c12-18(15,16)7-9-1-3-10(4-2-9)13-5-11-6-17-8-14-11/h1-4,6,8,13H,5,7H2,(H2,12,15,16). The summed E-state index contributed by atoms with van der Waals surface area (Å²) in [6.45, 7) is 0.651. The molecule has 3 N–H and O–H groups in total. The number of hydrogen-bond acceptors (Lipinski definition) is 5. The second kappa shape index (κ2) is 5.47. The topological polar surface area (TPSA) is 85.1 Å². The highest BCUT2D eigenvalue weighted by Crippen LogP contribution is 2.12. The zero-order chi connectivity index (χ0) is 13.0. The number of rotatable bonds is 5. The zero-order valence-electron chi connectivity index (χ0n) is 9.54. The summed E-state index contributed by atoms with van der Waals surface area (Å²) < 4.78 is 21.8. The molecule has 5 nitrogen and oxygen atoms in total. The summed E-state index contributed by atoms with van der Waals surface area (Å²) in [7, 11) is -3.47. The molecule has 96 valence electrons. The van der Waals surface area contributed by atoms with Crippen molar-refractivity contribution in [2.24, 2.45) is 5.14 Å². The molecule has 0 spiro atoms. The molecular weight excluding hydrogens is 270 g/mol. The van der Waals surface area contributed by atoms with Crippen LogP contribution in [0.1, 0.15) is 11.3 Å². The third-order valence-electron chi connectivity index (χ3n) is 2.28. The van der Waals surface area contributed by atoms with Crippen molar-refractivity contribution in [2.75, 3.05) is 5.32 Å². The largest absolute Gasteiger partial charge is 0.379 e. The summed E-state index contributed by atoms with van der Waals surface area (Å²) in [5, 5.41) is 10.2. The number of sulfonamides is 1. The van der Waals surface area contributed by atoms with Crippen LogP contribution in [0, 0.1) is 0 Å². The highest BCUT2D eigenvalue weighted by Gasteiger charge is 2.04. The molecule has 2 rings (SSSR count). The number of anilines is 1. The predicted octanol–water partition coefficient (Wildman–Crippen LogP) is 1.54. The number of primary sulfonamides is 1. The molecule has 1 aromatic heterocycles. The summed E-state index contributed by atoms with van der Waals surface area (Å²) in [4.78, 5) is 4.16. The van der Waals surface area contributed by atoms with Gasteiger partial charge in [0.1, 0.15) is 0 Å². The molecule has 0 aliphatic heterocycles. The van der Waals surface area contributed by atoms with Gasteiger partial charge in [-0.1, -0.05) is 12.1 Å². The Hall–Kier alpha value is -1.44. The van der Waals surface area contributed by atoms with Gasteiger partial charge in [-0.3, -0.25) is 0 Å². The maximum absolute atomic E-state index is 10.9. The van der Waals surface area contributed by atoms with Crippen molar-refractivity contribution in [3.8, 4) is 0 Å². The van der Waals surface area contributed by atoms with Gasteiger partial charge in [0.25, 0.3) is 0 Å². The van der Waals surface area contributed by atoms with Crippen LogP contribution in [0.15, 0.2) is 35.2 Å². The molecule has 0 atom stereocenters. The fraction of sp³-hybridized carbons (Fsp3) is 0.182. The van der Waals surface area contributed by atoms with E-state index in [0.29, 0.717) is 12.1 Å². The van der Waals surface area contributed by atoms with Crippen molar-refractivity contribution in [3.63, 3.8) is 0 Å². The van der Waals surface area contributed by atoms with E-state index in [1.165, 1.54) is 0 Å². The van der Waals surface area contributed by atoms with Gasteiger partial charge in [-0.15, -0.1) is 11.3 Å². The van der Waals surface area contributed by atoms with Crippen LogP contribution >= 0.6 is 11.3 Å². The molecule has 0 aliphatic carbocycles. The lowest BCUT2D eigenvalue weighted by Crippen LogP contribution is -2.14. The lowest BCUT2D eigenvalue weighted by Gasteiger charge is -2.05. The first-order valence-corrected chi connectivity index (χ1v) is 7.89. The van der Waals surface area contributed by atoms with Gasteiger partial charge in [-0.05, 0) is 17.7 Å². The summed E-state index contributed by atoms with van der Waals surface area (Å²) in [5.41, 5.74) is 4.36. The Morgan fingerprint density at radius 3 is 2.56 bits per heavy atom. The van der Waals surface area contributed by atoms with Crippen LogP contribution in [0.4, 0.5) is 5.69 Å². The minimum atomic E-state index is -3.47. The van der Waals surface area contributed by atoms with Gasteiger partial charge in [-0.2, -0.15) is 0 Å². The third kappa shape index (κ3) is 4.10. The van der Waals surface area contributed by atoms with Crippen LogP contribution in [-0.2, 0) is 22.3 Å². The molecule has 0 amide bonds. The fourth-order valence-corrected chi connectivity index (χ4v) is 2.68. The molecule has 0 saturated carbocycles. The van der Waals surface area contributed by atoms with E-state index in [0.717, 1.165) is 11.4 Å². The maximum atomic E-state index is 10.9. The van der Waals surface area contributed by atoms with E-state index in [2.05, 4.69) is 10.3 Å². The van der Waals surface area contributed by atoms with E-state index >= 15 is 0 Å². The molecule has 2 aromatic rings. The Morgan fingerprint density at radius 1 is 1.28 bits per heavy atom. The second-order valence-corrected chi connectivity index (χ2v) is 6.17. The second-order valence-electron chi connectivity index (χ2n) is 3.84. The zero-order valence-corrected chi connectivity index (χ0v) is 11.2. The van der Waals surface area contributed by atoms with E-state index in [4.69, 9.17) is 5.14 Å². The lowest BCUT2D eigenvalue weighted by molar-refractivity contribution is 0.597. The molecule has 0 saturated heterocycles. The minimum Gasteiger partial charge on any atom is -0.379 e. The van der Waals surface area contributed by atoms with Crippen molar-refractivity contribution in [1.29, 1.82) is 0 Å². The smallest absolute Gasteiger partial charge is 0.213 e. The Kier molecular flexibility index (Phi) is 3.95. The molecular formula is C11H13N3O2S2. The number of nitrogens with zero attached hydrogens (tertiary/aromatic N) is 1. The molecule has 0 bridgehead atoms. The van der Waals surface area contributed by atoms with E-state index < -0.39 is 10.0 Å². The summed E-state index contributed by atoms with van der Waals surface area (Å²) in [6, 6.07) is 7.14. The van der Waals surface area contributed by atoms with Crippen molar-refractivity contribution in [2.45, 2.75) is 12.3 Å². The van der Waals surface area contributed by atoms with Gasteiger partial charge >= 0.3 is 0 Å².